The molecule has 7 nitrogen and oxygen atoms in total. The van der Waals surface area contributed by atoms with Crippen LogP contribution >= 0.6 is 0 Å². The van der Waals surface area contributed by atoms with E-state index in [1.54, 1.807) is 0 Å². The summed E-state index contributed by atoms with van der Waals surface area (Å²) in [5.74, 6) is -1.42. The lowest BCUT2D eigenvalue weighted by molar-refractivity contribution is -0.144. The molecular formula is C19H29N3O4. The van der Waals surface area contributed by atoms with Crippen LogP contribution in [0.1, 0.15) is 32.8 Å². The summed E-state index contributed by atoms with van der Waals surface area (Å²) in [5, 5.41) is 5.28. The van der Waals surface area contributed by atoms with Gasteiger partial charge in [-0.25, -0.2) is 4.79 Å². The zero-order chi connectivity index (χ0) is 19.7. The number of esters is 1. The van der Waals surface area contributed by atoms with Gasteiger partial charge in [0.15, 0.2) is 0 Å². The molecule has 7 heteroatoms. The minimum absolute atomic E-state index is 0.00979. The first-order valence-electron chi connectivity index (χ1n) is 8.78. The van der Waals surface area contributed by atoms with Crippen LogP contribution in [0.3, 0.4) is 0 Å². The van der Waals surface area contributed by atoms with E-state index in [1.165, 1.54) is 14.0 Å². The van der Waals surface area contributed by atoms with E-state index in [9.17, 15) is 14.4 Å². The first-order valence-corrected chi connectivity index (χ1v) is 8.78. The van der Waals surface area contributed by atoms with Crippen LogP contribution in [0.5, 0.6) is 0 Å². The first kappa shape index (κ1) is 21.6. The molecule has 0 radical (unpaired) electrons. The number of carbonyl (C=O) groups is 3. The van der Waals surface area contributed by atoms with E-state index in [4.69, 9.17) is 5.73 Å². The Balaban J connectivity index is 2.89. The highest BCUT2D eigenvalue weighted by Gasteiger charge is 2.28. The molecule has 4 N–H and O–H groups in total. The number of amides is 2. The summed E-state index contributed by atoms with van der Waals surface area (Å²) in [6.07, 6.45) is 1.04. The quantitative estimate of drug-likeness (QED) is 0.561. The minimum Gasteiger partial charge on any atom is -0.467 e. The second-order valence-electron chi connectivity index (χ2n) is 6.42. The number of hydrogen-bond acceptors (Lipinski definition) is 5. The van der Waals surface area contributed by atoms with Crippen LogP contribution in [0.15, 0.2) is 30.3 Å². The number of nitrogens with one attached hydrogen (secondary N) is 2. The maximum atomic E-state index is 12.6. The molecule has 0 unspecified atom stereocenters. The molecule has 0 saturated carbocycles. The summed E-state index contributed by atoms with van der Waals surface area (Å²) in [6.45, 7) is 5.36. The van der Waals surface area contributed by atoms with Gasteiger partial charge in [-0.1, -0.05) is 50.6 Å². The van der Waals surface area contributed by atoms with E-state index in [0.29, 0.717) is 6.42 Å². The lowest BCUT2D eigenvalue weighted by Gasteiger charge is -2.24. The Bertz CT molecular complexity index is 606. The third-order valence-electron chi connectivity index (χ3n) is 4.39. The van der Waals surface area contributed by atoms with Crippen molar-refractivity contribution in [3.63, 3.8) is 0 Å². The number of carbonyl (C=O) groups excluding carboxylic acids is 3. The predicted octanol–water partition coefficient (Wildman–Crippen LogP) is 0.765. The summed E-state index contributed by atoms with van der Waals surface area (Å²) >= 11 is 0. The summed E-state index contributed by atoms with van der Waals surface area (Å²) in [4.78, 5) is 36.6. The standard InChI is InChI=1S/C19H29N3O4/c1-5-12(2)16(20)18(24)22-15(11-14-9-7-6-8-10-14)17(23)21-13(3)19(25)26-4/h6-10,12-13,15-16H,5,11,20H2,1-4H3,(H,21,23)(H,22,24)/t12-,13-,15-,16-/m0/s1. The van der Waals surface area contributed by atoms with Crippen molar-refractivity contribution in [3.8, 4) is 0 Å². The minimum atomic E-state index is -0.841. The van der Waals surface area contributed by atoms with Crippen LogP contribution in [0.25, 0.3) is 0 Å². The van der Waals surface area contributed by atoms with Gasteiger partial charge in [-0.05, 0) is 18.4 Å². The van der Waals surface area contributed by atoms with Gasteiger partial charge in [0, 0.05) is 6.42 Å². The van der Waals surface area contributed by atoms with E-state index in [0.717, 1.165) is 12.0 Å². The van der Waals surface area contributed by atoms with Crippen LogP contribution in [0, 0.1) is 5.92 Å². The molecule has 0 aliphatic rings. The van der Waals surface area contributed by atoms with Crippen LogP contribution in [0.4, 0.5) is 0 Å². The van der Waals surface area contributed by atoms with Gasteiger partial charge in [0.05, 0.1) is 13.2 Å². The molecule has 0 spiro atoms. The van der Waals surface area contributed by atoms with Gasteiger partial charge in [-0.15, -0.1) is 0 Å². The third kappa shape index (κ3) is 6.48. The average molecular weight is 363 g/mol. The molecule has 0 aromatic heterocycles. The normalized spacial score (nSPS) is 15.3. The van der Waals surface area contributed by atoms with Crippen molar-refractivity contribution >= 4 is 17.8 Å². The summed E-state index contributed by atoms with van der Waals surface area (Å²) < 4.78 is 4.62. The number of hydrogen-bond donors (Lipinski definition) is 3. The Morgan fingerprint density at radius 2 is 1.69 bits per heavy atom. The van der Waals surface area contributed by atoms with E-state index >= 15 is 0 Å². The molecule has 1 aromatic carbocycles. The Morgan fingerprint density at radius 1 is 1.08 bits per heavy atom. The van der Waals surface area contributed by atoms with E-state index < -0.39 is 30.0 Å². The number of nitrogens with two attached hydrogens (primary N) is 1. The zero-order valence-electron chi connectivity index (χ0n) is 15.8. The molecule has 0 heterocycles. The Morgan fingerprint density at radius 3 is 2.23 bits per heavy atom. The summed E-state index contributed by atoms with van der Waals surface area (Å²) in [6, 6.07) is 6.95. The molecule has 0 fully saturated rings. The number of ether oxygens (including phenoxy) is 1. The summed E-state index contributed by atoms with van der Waals surface area (Å²) in [5.41, 5.74) is 6.85. The molecule has 4 atom stereocenters. The Kier molecular flexibility index (Phi) is 8.78. The van der Waals surface area contributed by atoms with Crippen molar-refractivity contribution in [1.82, 2.24) is 10.6 Å². The predicted molar refractivity (Wildman–Crippen MR) is 99.1 cm³/mol. The lowest BCUT2D eigenvalue weighted by Crippen LogP contribution is -2.55. The second-order valence-corrected chi connectivity index (χ2v) is 6.42. The Hall–Kier alpha value is -2.41. The average Bonchev–Trinajstić information content (AvgIpc) is 2.65. The largest absolute Gasteiger partial charge is 0.467 e. The highest BCUT2D eigenvalue weighted by Crippen LogP contribution is 2.08. The van der Waals surface area contributed by atoms with Crippen LogP contribution in [-0.2, 0) is 25.5 Å². The van der Waals surface area contributed by atoms with Crippen LogP contribution in [-0.4, -0.2) is 43.0 Å². The smallest absolute Gasteiger partial charge is 0.328 e. The van der Waals surface area contributed by atoms with Gasteiger partial charge < -0.3 is 21.1 Å². The van der Waals surface area contributed by atoms with Gasteiger partial charge in [-0.3, -0.25) is 9.59 Å². The molecule has 0 saturated heterocycles. The molecule has 144 valence electrons. The van der Waals surface area contributed by atoms with Crippen molar-refractivity contribution < 1.29 is 19.1 Å². The topological polar surface area (TPSA) is 111 Å². The molecular weight excluding hydrogens is 334 g/mol. The van der Waals surface area contributed by atoms with Gasteiger partial charge in [0.1, 0.15) is 12.1 Å². The molecule has 26 heavy (non-hydrogen) atoms. The maximum absolute atomic E-state index is 12.6. The monoisotopic (exact) mass is 363 g/mol. The molecule has 1 rings (SSSR count). The van der Waals surface area contributed by atoms with Gasteiger partial charge >= 0.3 is 5.97 Å². The number of rotatable bonds is 9. The fourth-order valence-electron chi connectivity index (χ4n) is 2.39. The molecule has 0 aliphatic heterocycles. The van der Waals surface area contributed by atoms with Gasteiger partial charge in [-0.2, -0.15) is 0 Å². The van der Waals surface area contributed by atoms with E-state index in [-0.39, 0.29) is 11.8 Å². The molecule has 0 aliphatic carbocycles. The SMILES string of the molecule is CC[C@H](C)[C@H](N)C(=O)N[C@@H](Cc1ccccc1)C(=O)N[C@@H](C)C(=O)OC. The van der Waals surface area contributed by atoms with Crippen molar-refractivity contribution in [2.24, 2.45) is 11.7 Å². The third-order valence-corrected chi connectivity index (χ3v) is 4.39. The van der Waals surface area contributed by atoms with Gasteiger partial charge in [0.25, 0.3) is 0 Å². The number of benzene rings is 1. The van der Waals surface area contributed by atoms with Crippen LogP contribution < -0.4 is 16.4 Å². The highest BCUT2D eigenvalue weighted by molar-refractivity contribution is 5.92. The highest BCUT2D eigenvalue weighted by atomic mass is 16.5. The number of methoxy groups -OCH3 is 1. The van der Waals surface area contributed by atoms with E-state index in [2.05, 4.69) is 15.4 Å². The van der Waals surface area contributed by atoms with E-state index in [1.807, 2.05) is 44.2 Å². The first-order chi connectivity index (χ1) is 12.3. The van der Waals surface area contributed by atoms with Crippen molar-refractivity contribution in [2.45, 2.75) is 51.7 Å². The van der Waals surface area contributed by atoms with Crippen LogP contribution in [0.2, 0.25) is 0 Å². The molecule has 1 aromatic rings. The van der Waals surface area contributed by atoms with Gasteiger partial charge in [0.2, 0.25) is 11.8 Å². The van der Waals surface area contributed by atoms with Crippen molar-refractivity contribution in [1.29, 1.82) is 0 Å². The lowest BCUT2D eigenvalue weighted by atomic mass is 9.98. The fourth-order valence-corrected chi connectivity index (χ4v) is 2.39. The summed E-state index contributed by atoms with van der Waals surface area (Å²) in [7, 11) is 1.25. The van der Waals surface area contributed by atoms with Crippen molar-refractivity contribution in [3.05, 3.63) is 35.9 Å². The zero-order valence-corrected chi connectivity index (χ0v) is 15.8. The molecule has 2 amide bonds. The second kappa shape index (κ2) is 10.6. The molecule has 0 bridgehead atoms. The fraction of sp³-hybridized carbons (Fsp3) is 0.526. The Labute approximate surface area is 154 Å². The van der Waals surface area contributed by atoms with Crippen molar-refractivity contribution in [2.75, 3.05) is 7.11 Å². The maximum Gasteiger partial charge on any atom is 0.328 e.